The Morgan fingerprint density at radius 3 is 2.50 bits per heavy atom. The van der Waals surface area contributed by atoms with E-state index in [0.717, 1.165) is 16.6 Å². The molecule has 3 rings (SSSR count). The Bertz CT molecular complexity index is 480. The van der Waals surface area contributed by atoms with Gasteiger partial charge in [-0.3, -0.25) is 0 Å². The molecule has 0 bridgehead atoms. The monoisotopic (exact) mass is 337 g/mol. The molecule has 2 nitrogen and oxygen atoms in total. The van der Waals surface area contributed by atoms with E-state index in [1.807, 2.05) is 0 Å². The molecule has 1 aromatic rings. The van der Waals surface area contributed by atoms with Crippen molar-refractivity contribution in [3.63, 3.8) is 0 Å². The predicted octanol–water partition coefficient (Wildman–Crippen LogP) is 4.58. The molecule has 2 atom stereocenters. The molecule has 2 saturated carbocycles. The average Bonchev–Trinajstić information content (AvgIpc) is 2.70. The van der Waals surface area contributed by atoms with Crippen molar-refractivity contribution in [2.45, 2.75) is 64.0 Å². The maximum absolute atomic E-state index is 6.37. The SMILES string of the molecule is Cc1cc(OC2CC(N)C23CCCCCC3)ccc1Br. The summed E-state index contributed by atoms with van der Waals surface area (Å²) in [4.78, 5) is 0. The van der Waals surface area contributed by atoms with Gasteiger partial charge in [0.1, 0.15) is 11.9 Å². The van der Waals surface area contributed by atoms with E-state index >= 15 is 0 Å². The minimum atomic E-state index is 0.247. The van der Waals surface area contributed by atoms with Crippen LogP contribution in [0, 0.1) is 12.3 Å². The first-order chi connectivity index (χ1) is 9.62. The van der Waals surface area contributed by atoms with Gasteiger partial charge in [0.05, 0.1) is 0 Å². The number of halogens is 1. The van der Waals surface area contributed by atoms with Gasteiger partial charge in [0.2, 0.25) is 0 Å². The van der Waals surface area contributed by atoms with Crippen molar-refractivity contribution < 1.29 is 4.74 Å². The Hall–Kier alpha value is -0.540. The van der Waals surface area contributed by atoms with Crippen LogP contribution in [0.25, 0.3) is 0 Å². The average molecular weight is 338 g/mol. The molecule has 1 spiro atoms. The zero-order chi connectivity index (χ0) is 14.2. The molecule has 20 heavy (non-hydrogen) atoms. The Morgan fingerprint density at radius 2 is 1.90 bits per heavy atom. The summed E-state index contributed by atoms with van der Waals surface area (Å²) in [7, 11) is 0. The molecule has 2 aliphatic carbocycles. The first-order valence-corrected chi connectivity index (χ1v) is 8.59. The fraction of sp³-hybridized carbons (Fsp3) is 0.647. The third kappa shape index (κ3) is 2.50. The Labute approximate surface area is 130 Å². The van der Waals surface area contributed by atoms with Gasteiger partial charge in [0, 0.05) is 22.4 Å². The standard InChI is InChI=1S/C17H24BrNO/c1-12-10-13(6-7-14(12)18)20-16-11-15(19)17(16)8-4-2-3-5-9-17/h6-7,10,15-16H,2-5,8-9,11,19H2,1H3. The van der Waals surface area contributed by atoms with Gasteiger partial charge in [-0.2, -0.15) is 0 Å². The van der Waals surface area contributed by atoms with Crippen molar-refractivity contribution in [1.29, 1.82) is 0 Å². The largest absolute Gasteiger partial charge is 0.490 e. The van der Waals surface area contributed by atoms with E-state index in [-0.39, 0.29) is 5.41 Å². The van der Waals surface area contributed by atoms with Gasteiger partial charge in [-0.1, -0.05) is 41.6 Å². The quantitative estimate of drug-likeness (QED) is 0.857. The fourth-order valence-corrected chi connectivity index (χ4v) is 4.12. The highest BCUT2D eigenvalue weighted by atomic mass is 79.9. The summed E-state index contributed by atoms with van der Waals surface area (Å²) in [6, 6.07) is 6.59. The van der Waals surface area contributed by atoms with E-state index in [1.165, 1.54) is 44.1 Å². The van der Waals surface area contributed by atoms with Crippen LogP contribution >= 0.6 is 15.9 Å². The summed E-state index contributed by atoms with van der Waals surface area (Å²) in [5.74, 6) is 0.992. The number of benzene rings is 1. The smallest absolute Gasteiger partial charge is 0.120 e. The highest BCUT2D eigenvalue weighted by molar-refractivity contribution is 9.10. The molecule has 1 aromatic carbocycles. The van der Waals surface area contributed by atoms with Gasteiger partial charge < -0.3 is 10.5 Å². The number of ether oxygens (including phenoxy) is 1. The van der Waals surface area contributed by atoms with Crippen molar-refractivity contribution in [3.05, 3.63) is 28.2 Å². The maximum atomic E-state index is 6.37. The second-order valence-corrected chi connectivity index (χ2v) is 7.36. The number of hydrogen-bond donors (Lipinski definition) is 1. The lowest BCUT2D eigenvalue weighted by atomic mass is 9.58. The Morgan fingerprint density at radius 1 is 1.20 bits per heavy atom. The molecule has 2 fully saturated rings. The van der Waals surface area contributed by atoms with Crippen molar-refractivity contribution in [2.24, 2.45) is 11.1 Å². The highest BCUT2D eigenvalue weighted by Crippen LogP contribution is 2.51. The first-order valence-electron chi connectivity index (χ1n) is 7.80. The summed E-state index contributed by atoms with van der Waals surface area (Å²) in [5, 5.41) is 0. The minimum Gasteiger partial charge on any atom is -0.490 e. The molecule has 0 amide bonds. The zero-order valence-electron chi connectivity index (χ0n) is 12.2. The van der Waals surface area contributed by atoms with Gasteiger partial charge in [-0.05, 0) is 43.5 Å². The molecule has 0 aliphatic heterocycles. The third-order valence-corrected chi connectivity index (χ3v) is 6.18. The molecule has 0 radical (unpaired) electrons. The van der Waals surface area contributed by atoms with Crippen LogP contribution in [0.4, 0.5) is 0 Å². The zero-order valence-corrected chi connectivity index (χ0v) is 13.8. The second kappa shape index (κ2) is 5.69. The lowest BCUT2D eigenvalue weighted by molar-refractivity contribution is -0.0770. The molecular formula is C17H24BrNO. The van der Waals surface area contributed by atoms with Gasteiger partial charge in [-0.25, -0.2) is 0 Å². The lowest BCUT2D eigenvalue weighted by Gasteiger charge is -2.54. The van der Waals surface area contributed by atoms with E-state index in [0.29, 0.717) is 12.1 Å². The van der Waals surface area contributed by atoms with Crippen molar-refractivity contribution >= 4 is 15.9 Å². The van der Waals surface area contributed by atoms with Gasteiger partial charge in [0.25, 0.3) is 0 Å². The third-order valence-electron chi connectivity index (χ3n) is 5.29. The highest BCUT2D eigenvalue weighted by Gasteiger charge is 2.54. The number of hydrogen-bond acceptors (Lipinski definition) is 2. The van der Waals surface area contributed by atoms with Crippen LogP contribution in [0.2, 0.25) is 0 Å². The first kappa shape index (κ1) is 14.4. The van der Waals surface area contributed by atoms with Crippen molar-refractivity contribution in [2.75, 3.05) is 0 Å². The van der Waals surface area contributed by atoms with Gasteiger partial charge in [-0.15, -0.1) is 0 Å². The Kier molecular flexibility index (Phi) is 4.09. The van der Waals surface area contributed by atoms with Crippen LogP contribution < -0.4 is 10.5 Å². The lowest BCUT2D eigenvalue weighted by Crippen LogP contribution is -2.63. The van der Waals surface area contributed by atoms with Crippen LogP contribution in [0.15, 0.2) is 22.7 Å². The Balaban J connectivity index is 1.75. The molecule has 0 heterocycles. The molecule has 2 aliphatic rings. The van der Waals surface area contributed by atoms with E-state index in [2.05, 4.69) is 41.1 Å². The summed E-state index contributed by atoms with van der Waals surface area (Å²) in [6.45, 7) is 2.10. The van der Waals surface area contributed by atoms with Crippen molar-refractivity contribution in [1.82, 2.24) is 0 Å². The summed E-state index contributed by atoms with van der Waals surface area (Å²) < 4.78 is 7.44. The van der Waals surface area contributed by atoms with Crippen LogP contribution in [0.1, 0.15) is 50.5 Å². The van der Waals surface area contributed by atoms with Gasteiger partial charge >= 0.3 is 0 Å². The van der Waals surface area contributed by atoms with E-state index < -0.39 is 0 Å². The summed E-state index contributed by atoms with van der Waals surface area (Å²) in [6.07, 6.45) is 9.16. The molecule has 0 aromatic heterocycles. The van der Waals surface area contributed by atoms with Crippen LogP contribution in [-0.4, -0.2) is 12.1 Å². The van der Waals surface area contributed by atoms with Crippen molar-refractivity contribution in [3.8, 4) is 5.75 Å². The molecule has 2 unspecified atom stereocenters. The van der Waals surface area contributed by atoms with Gasteiger partial charge in [0.15, 0.2) is 0 Å². The van der Waals surface area contributed by atoms with Crippen LogP contribution in [0.3, 0.4) is 0 Å². The number of nitrogens with two attached hydrogens (primary N) is 1. The maximum Gasteiger partial charge on any atom is 0.120 e. The van der Waals surface area contributed by atoms with E-state index in [4.69, 9.17) is 10.5 Å². The number of aryl methyl sites for hydroxylation is 1. The molecule has 3 heteroatoms. The summed E-state index contributed by atoms with van der Waals surface area (Å²) >= 11 is 3.54. The second-order valence-electron chi connectivity index (χ2n) is 6.51. The normalized spacial score (nSPS) is 28.8. The fourth-order valence-electron chi connectivity index (χ4n) is 3.88. The van der Waals surface area contributed by atoms with Crippen LogP contribution in [0.5, 0.6) is 5.75 Å². The number of rotatable bonds is 2. The predicted molar refractivity (Wildman–Crippen MR) is 86.0 cm³/mol. The molecule has 110 valence electrons. The van der Waals surface area contributed by atoms with Crippen LogP contribution in [-0.2, 0) is 0 Å². The van der Waals surface area contributed by atoms with E-state index in [1.54, 1.807) is 0 Å². The molecule has 2 N–H and O–H groups in total. The molecule has 0 saturated heterocycles. The molecular weight excluding hydrogens is 314 g/mol. The topological polar surface area (TPSA) is 35.2 Å². The summed E-state index contributed by atoms with van der Waals surface area (Å²) in [5.41, 5.74) is 7.84. The van der Waals surface area contributed by atoms with E-state index in [9.17, 15) is 0 Å². The minimum absolute atomic E-state index is 0.247.